The molecule has 1 heterocycles. The molecule has 106 valence electrons. The molecule has 0 atom stereocenters. The molecule has 0 amide bonds. The van der Waals surface area contributed by atoms with E-state index in [9.17, 15) is 8.42 Å². The molecule has 0 aromatic heterocycles. The van der Waals surface area contributed by atoms with E-state index in [0.717, 1.165) is 12.8 Å². The second-order valence-corrected chi connectivity index (χ2v) is 7.41. The molecular formula is C14H20ClNO2S. The zero-order valence-electron chi connectivity index (χ0n) is 11.0. The quantitative estimate of drug-likeness (QED) is 0.784. The van der Waals surface area contributed by atoms with Gasteiger partial charge in [0, 0.05) is 19.0 Å². The molecule has 0 N–H and O–H groups in total. The topological polar surface area (TPSA) is 37.4 Å². The summed E-state index contributed by atoms with van der Waals surface area (Å²) in [6.07, 6.45) is 2.34. The van der Waals surface area contributed by atoms with Gasteiger partial charge in [0.15, 0.2) is 0 Å². The molecule has 5 heteroatoms. The SMILES string of the molecule is O=S(=O)(CCCCl)N1CCC(c2ccccc2)CC1. The van der Waals surface area contributed by atoms with Gasteiger partial charge < -0.3 is 0 Å². The van der Waals surface area contributed by atoms with Crippen molar-refractivity contribution >= 4 is 21.6 Å². The smallest absolute Gasteiger partial charge is 0.212 e. The van der Waals surface area contributed by atoms with Crippen LogP contribution in [0.4, 0.5) is 0 Å². The summed E-state index contributed by atoms with van der Waals surface area (Å²) in [7, 11) is -3.10. The normalized spacial score (nSPS) is 18.6. The lowest BCUT2D eigenvalue weighted by molar-refractivity contribution is 0.319. The van der Waals surface area contributed by atoms with Gasteiger partial charge in [-0.2, -0.15) is 0 Å². The van der Waals surface area contributed by atoms with Crippen molar-refractivity contribution in [3.05, 3.63) is 35.9 Å². The molecule has 1 aromatic rings. The van der Waals surface area contributed by atoms with Crippen molar-refractivity contribution in [2.75, 3.05) is 24.7 Å². The molecule has 0 unspecified atom stereocenters. The minimum Gasteiger partial charge on any atom is -0.212 e. The summed E-state index contributed by atoms with van der Waals surface area (Å²) in [5, 5.41) is 0. The van der Waals surface area contributed by atoms with E-state index in [1.54, 1.807) is 4.31 Å². The van der Waals surface area contributed by atoms with Crippen molar-refractivity contribution in [1.29, 1.82) is 0 Å². The molecule has 0 radical (unpaired) electrons. The second-order valence-electron chi connectivity index (χ2n) is 4.94. The third-order valence-electron chi connectivity index (χ3n) is 3.65. The van der Waals surface area contributed by atoms with Gasteiger partial charge in [0.1, 0.15) is 0 Å². The summed E-state index contributed by atoms with van der Waals surface area (Å²) in [5.74, 6) is 1.06. The van der Waals surface area contributed by atoms with Crippen LogP contribution in [-0.2, 0) is 10.0 Å². The monoisotopic (exact) mass is 301 g/mol. The lowest BCUT2D eigenvalue weighted by Gasteiger charge is -2.31. The van der Waals surface area contributed by atoms with Crippen LogP contribution in [0.1, 0.15) is 30.7 Å². The summed E-state index contributed by atoms with van der Waals surface area (Å²) in [5.41, 5.74) is 1.32. The van der Waals surface area contributed by atoms with E-state index < -0.39 is 10.0 Å². The number of piperidine rings is 1. The van der Waals surface area contributed by atoms with E-state index in [1.165, 1.54) is 5.56 Å². The molecular weight excluding hydrogens is 282 g/mol. The van der Waals surface area contributed by atoms with Crippen LogP contribution < -0.4 is 0 Å². The van der Waals surface area contributed by atoms with Gasteiger partial charge in [0.05, 0.1) is 5.75 Å². The molecule has 0 aliphatic carbocycles. The lowest BCUT2D eigenvalue weighted by atomic mass is 9.90. The maximum atomic E-state index is 12.1. The molecule has 0 bridgehead atoms. The van der Waals surface area contributed by atoms with Gasteiger partial charge in [-0.15, -0.1) is 11.6 Å². The van der Waals surface area contributed by atoms with Gasteiger partial charge in [0.25, 0.3) is 0 Å². The van der Waals surface area contributed by atoms with Crippen LogP contribution >= 0.6 is 11.6 Å². The summed E-state index contributed by atoms with van der Waals surface area (Å²) < 4.78 is 25.7. The molecule has 0 saturated carbocycles. The average molecular weight is 302 g/mol. The third-order valence-corrected chi connectivity index (χ3v) is 5.88. The fourth-order valence-corrected chi connectivity index (χ4v) is 4.39. The minimum atomic E-state index is -3.10. The van der Waals surface area contributed by atoms with Gasteiger partial charge >= 0.3 is 0 Å². The number of nitrogens with zero attached hydrogens (tertiary/aromatic N) is 1. The molecule has 1 saturated heterocycles. The molecule has 1 aromatic carbocycles. The molecule has 1 aliphatic heterocycles. The number of benzene rings is 1. The molecule has 3 nitrogen and oxygen atoms in total. The average Bonchev–Trinajstić information content (AvgIpc) is 2.46. The molecule has 0 spiro atoms. The highest BCUT2D eigenvalue weighted by Crippen LogP contribution is 2.29. The standard InChI is InChI=1S/C14H20ClNO2S/c15-9-4-12-19(17,18)16-10-7-14(8-11-16)13-5-2-1-3-6-13/h1-3,5-6,14H,4,7-12H2. The first-order chi connectivity index (χ1) is 9.13. The highest BCUT2D eigenvalue weighted by Gasteiger charge is 2.27. The van der Waals surface area contributed by atoms with E-state index in [-0.39, 0.29) is 5.75 Å². The van der Waals surface area contributed by atoms with E-state index in [0.29, 0.717) is 31.3 Å². The van der Waals surface area contributed by atoms with Gasteiger partial charge in [-0.25, -0.2) is 12.7 Å². The summed E-state index contributed by atoms with van der Waals surface area (Å²) >= 11 is 5.57. The van der Waals surface area contributed by atoms with Gasteiger partial charge in [0.2, 0.25) is 10.0 Å². The van der Waals surface area contributed by atoms with Crippen LogP contribution in [0.25, 0.3) is 0 Å². The number of alkyl halides is 1. The van der Waals surface area contributed by atoms with Crippen LogP contribution in [0.5, 0.6) is 0 Å². The third kappa shape index (κ3) is 3.94. The van der Waals surface area contributed by atoms with E-state index in [4.69, 9.17) is 11.6 Å². The van der Waals surface area contributed by atoms with E-state index in [2.05, 4.69) is 12.1 Å². The Morgan fingerprint density at radius 3 is 2.37 bits per heavy atom. The second kappa shape index (κ2) is 6.73. The van der Waals surface area contributed by atoms with Crippen molar-refractivity contribution in [2.24, 2.45) is 0 Å². The van der Waals surface area contributed by atoms with Crippen LogP contribution in [0.15, 0.2) is 30.3 Å². The van der Waals surface area contributed by atoms with Crippen LogP contribution in [0.3, 0.4) is 0 Å². The predicted octanol–water partition coefficient (Wildman–Crippen LogP) is 2.82. The van der Waals surface area contributed by atoms with Crippen LogP contribution in [0, 0.1) is 0 Å². The predicted molar refractivity (Wildman–Crippen MR) is 79.1 cm³/mol. The number of rotatable bonds is 5. The zero-order chi connectivity index (χ0) is 13.7. The molecule has 2 rings (SSSR count). The minimum absolute atomic E-state index is 0.173. The maximum Gasteiger partial charge on any atom is 0.214 e. The Kier molecular flexibility index (Phi) is 5.25. The molecule has 19 heavy (non-hydrogen) atoms. The fraction of sp³-hybridized carbons (Fsp3) is 0.571. The number of hydrogen-bond acceptors (Lipinski definition) is 2. The Morgan fingerprint density at radius 2 is 1.79 bits per heavy atom. The Bertz CT molecular complexity index is 481. The maximum absolute atomic E-state index is 12.1. The van der Waals surface area contributed by atoms with Crippen LogP contribution in [0.2, 0.25) is 0 Å². The van der Waals surface area contributed by atoms with Crippen molar-refractivity contribution in [3.8, 4) is 0 Å². The van der Waals surface area contributed by atoms with Crippen molar-refractivity contribution in [2.45, 2.75) is 25.2 Å². The Labute approximate surface area is 120 Å². The summed E-state index contributed by atoms with van der Waals surface area (Å²) in [6, 6.07) is 10.3. The fourth-order valence-electron chi connectivity index (χ4n) is 2.56. The van der Waals surface area contributed by atoms with Gasteiger partial charge in [-0.1, -0.05) is 30.3 Å². The Hall–Kier alpha value is -0.580. The molecule has 1 aliphatic rings. The zero-order valence-corrected chi connectivity index (χ0v) is 12.5. The van der Waals surface area contributed by atoms with Gasteiger partial charge in [-0.3, -0.25) is 0 Å². The first kappa shape index (κ1) is 14.8. The summed E-state index contributed by atoms with van der Waals surface area (Å²) in [6.45, 7) is 1.26. The van der Waals surface area contributed by atoms with Crippen molar-refractivity contribution in [1.82, 2.24) is 4.31 Å². The number of hydrogen-bond donors (Lipinski definition) is 0. The van der Waals surface area contributed by atoms with E-state index in [1.807, 2.05) is 18.2 Å². The van der Waals surface area contributed by atoms with Crippen molar-refractivity contribution in [3.63, 3.8) is 0 Å². The van der Waals surface area contributed by atoms with Crippen molar-refractivity contribution < 1.29 is 8.42 Å². The first-order valence-corrected chi connectivity index (χ1v) is 8.86. The first-order valence-electron chi connectivity index (χ1n) is 6.72. The highest BCUT2D eigenvalue weighted by atomic mass is 35.5. The largest absolute Gasteiger partial charge is 0.214 e. The number of sulfonamides is 1. The Morgan fingerprint density at radius 1 is 1.16 bits per heavy atom. The Balaban J connectivity index is 1.92. The lowest BCUT2D eigenvalue weighted by Crippen LogP contribution is -2.39. The summed E-state index contributed by atoms with van der Waals surface area (Å²) in [4.78, 5) is 0. The van der Waals surface area contributed by atoms with Gasteiger partial charge in [-0.05, 0) is 30.7 Å². The van der Waals surface area contributed by atoms with Crippen LogP contribution in [-0.4, -0.2) is 37.4 Å². The van der Waals surface area contributed by atoms with E-state index >= 15 is 0 Å². The highest BCUT2D eigenvalue weighted by molar-refractivity contribution is 7.89. The molecule has 1 fully saturated rings. The number of halogens is 1.